The fraction of sp³-hybridized carbons (Fsp3) is 0.429. The molecule has 1 aliphatic rings. The van der Waals surface area contributed by atoms with Crippen LogP contribution >= 0.6 is 11.8 Å². The molecule has 0 saturated heterocycles. The molecule has 0 radical (unpaired) electrons. The highest BCUT2D eigenvalue weighted by Gasteiger charge is 2.24. The number of carboxylic acids is 1. The van der Waals surface area contributed by atoms with Gasteiger partial charge < -0.3 is 15.2 Å². The van der Waals surface area contributed by atoms with Crippen molar-refractivity contribution in [1.82, 2.24) is 5.32 Å². The number of amides is 1. The van der Waals surface area contributed by atoms with E-state index in [0.717, 1.165) is 17.7 Å². The Morgan fingerprint density at radius 1 is 1.50 bits per heavy atom. The second kappa shape index (κ2) is 6.65. The van der Waals surface area contributed by atoms with Crippen molar-refractivity contribution in [3.8, 4) is 5.75 Å². The van der Waals surface area contributed by atoms with Gasteiger partial charge in [-0.3, -0.25) is 4.79 Å². The highest BCUT2D eigenvalue weighted by molar-refractivity contribution is 7.98. The van der Waals surface area contributed by atoms with Crippen LogP contribution in [0.25, 0.3) is 0 Å². The van der Waals surface area contributed by atoms with E-state index in [-0.39, 0.29) is 5.91 Å². The first kappa shape index (κ1) is 14.7. The molecule has 20 heavy (non-hydrogen) atoms. The van der Waals surface area contributed by atoms with Gasteiger partial charge in [0.15, 0.2) is 6.04 Å². The monoisotopic (exact) mass is 295 g/mol. The molecule has 0 fully saturated rings. The van der Waals surface area contributed by atoms with Crippen LogP contribution in [0.15, 0.2) is 18.2 Å². The smallest absolute Gasteiger partial charge is 0.330 e. The molecule has 1 atom stereocenters. The Morgan fingerprint density at radius 2 is 2.30 bits per heavy atom. The van der Waals surface area contributed by atoms with Crippen LogP contribution in [0.3, 0.4) is 0 Å². The lowest BCUT2D eigenvalue weighted by Gasteiger charge is -2.15. The predicted octanol–water partition coefficient (Wildman–Crippen LogP) is 1.62. The third-order valence-electron chi connectivity index (χ3n) is 3.13. The number of thioether (sulfide) groups is 1. The standard InChI is InChI=1S/C14H17NO4S/c1-20-7-5-12(16)15-13(14(17)18)10-2-3-11-9(8-10)4-6-19-11/h2-3,8,13H,4-7H2,1H3,(H,15,16)(H,17,18). The van der Waals surface area contributed by atoms with E-state index in [1.54, 1.807) is 30.0 Å². The SMILES string of the molecule is CSCCC(=O)NC(C(=O)O)c1ccc2c(c1)CCO2. The average Bonchev–Trinajstić information content (AvgIpc) is 2.89. The van der Waals surface area contributed by atoms with Gasteiger partial charge in [-0.25, -0.2) is 4.79 Å². The fourth-order valence-electron chi connectivity index (χ4n) is 2.10. The molecule has 0 aliphatic carbocycles. The van der Waals surface area contributed by atoms with E-state index < -0.39 is 12.0 Å². The summed E-state index contributed by atoms with van der Waals surface area (Å²) in [5, 5.41) is 11.9. The number of hydrogen-bond donors (Lipinski definition) is 2. The molecule has 0 aromatic heterocycles. The van der Waals surface area contributed by atoms with Gasteiger partial charge in [0.1, 0.15) is 5.75 Å². The second-order valence-corrected chi connectivity index (χ2v) is 5.53. The summed E-state index contributed by atoms with van der Waals surface area (Å²) in [5.74, 6) is 0.174. The molecular formula is C14H17NO4S. The number of nitrogens with one attached hydrogen (secondary N) is 1. The Labute approximate surface area is 121 Å². The molecule has 1 aromatic carbocycles. The van der Waals surface area contributed by atoms with Crippen molar-refractivity contribution in [3.63, 3.8) is 0 Å². The van der Waals surface area contributed by atoms with E-state index in [4.69, 9.17) is 4.74 Å². The summed E-state index contributed by atoms with van der Waals surface area (Å²) in [4.78, 5) is 23.1. The Kier molecular flexibility index (Phi) is 4.89. The van der Waals surface area contributed by atoms with Gasteiger partial charge in [0.25, 0.3) is 0 Å². The van der Waals surface area contributed by atoms with Crippen LogP contribution in [0.2, 0.25) is 0 Å². The molecule has 1 amide bonds. The largest absolute Gasteiger partial charge is 0.493 e. The van der Waals surface area contributed by atoms with E-state index in [0.29, 0.717) is 24.3 Å². The number of hydrogen-bond acceptors (Lipinski definition) is 4. The van der Waals surface area contributed by atoms with Crippen molar-refractivity contribution in [3.05, 3.63) is 29.3 Å². The summed E-state index contributed by atoms with van der Waals surface area (Å²) >= 11 is 1.55. The Bertz CT molecular complexity index is 518. The fourth-order valence-corrected chi connectivity index (χ4v) is 2.49. The average molecular weight is 295 g/mol. The molecule has 1 unspecified atom stereocenters. The number of carbonyl (C=O) groups excluding carboxylic acids is 1. The first-order valence-electron chi connectivity index (χ1n) is 6.38. The van der Waals surface area contributed by atoms with Crippen molar-refractivity contribution >= 4 is 23.6 Å². The number of carbonyl (C=O) groups is 2. The van der Waals surface area contributed by atoms with Gasteiger partial charge in [0, 0.05) is 18.6 Å². The van der Waals surface area contributed by atoms with Gasteiger partial charge in [-0.2, -0.15) is 11.8 Å². The summed E-state index contributed by atoms with van der Waals surface area (Å²) < 4.78 is 5.39. The molecule has 1 aromatic rings. The topological polar surface area (TPSA) is 75.6 Å². The molecule has 1 aliphatic heterocycles. The van der Waals surface area contributed by atoms with Crippen LogP contribution in [-0.4, -0.2) is 35.6 Å². The van der Waals surface area contributed by atoms with Crippen LogP contribution in [0.5, 0.6) is 5.75 Å². The number of carboxylic acid groups (broad SMARTS) is 1. The van der Waals surface area contributed by atoms with Crippen molar-refractivity contribution in [2.45, 2.75) is 18.9 Å². The van der Waals surface area contributed by atoms with Crippen molar-refractivity contribution in [2.24, 2.45) is 0 Å². The van der Waals surface area contributed by atoms with Gasteiger partial charge in [0.2, 0.25) is 5.91 Å². The van der Waals surface area contributed by atoms with Crippen molar-refractivity contribution < 1.29 is 19.4 Å². The quantitative estimate of drug-likeness (QED) is 0.834. The molecule has 2 N–H and O–H groups in total. The number of aliphatic carboxylic acids is 1. The Balaban J connectivity index is 2.12. The third-order valence-corrected chi connectivity index (χ3v) is 3.74. The molecule has 5 nitrogen and oxygen atoms in total. The molecule has 0 spiro atoms. The summed E-state index contributed by atoms with van der Waals surface area (Å²) in [6.07, 6.45) is 3.00. The third kappa shape index (κ3) is 3.45. The normalized spacial score (nSPS) is 14.2. The van der Waals surface area contributed by atoms with Crippen LogP contribution in [-0.2, 0) is 16.0 Å². The minimum Gasteiger partial charge on any atom is -0.493 e. The van der Waals surface area contributed by atoms with E-state index in [2.05, 4.69) is 5.32 Å². The molecule has 108 valence electrons. The first-order chi connectivity index (χ1) is 9.61. The Hall–Kier alpha value is -1.69. The number of ether oxygens (including phenoxy) is 1. The number of rotatable bonds is 6. The lowest BCUT2D eigenvalue weighted by molar-refractivity contribution is -0.142. The van der Waals surface area contributed by atoms with E-state index in [1.165, 1.54) is 0 Å². The zero-order valence-corrected chi connectivity index (χ0v) is 12.0. The lowest BCUT2D eigenvalue weighted by Crippen LogP contribution is -2.33. The molecular weight excluding hydrogens is 278 g/mol. The summed E-state index contributed by atoms with van der Waals surface area (Å²) in [6.45, 7) is 0.622. The summed E-state index contributed by atoms with van der Waals surface area (Å²) in [7, 11) is 0. The maximum Gasteiger partial charge on any atom is 0.330 e. The molecule has 0 bridgehead atoms. The highest BCUT2D eigenvalue weighted by atomic mass is 32.2. The Morgan fingerprint density at radius 3 is 3.00 bits per heavy atom. The van der Waals surface area contributed by atoms with Crippen LogP contribution < -0.4 is 10.1 Å². The first-order valence-corrected chi connectivity index (χ1v) is 7.78. The zero-order valence-electron chi connectivity index (χ0n) is 11.2. The highest BCUT2D eigenvalue weighted by Crippen LogP contribution is 2.28. The van der Waals surface area contributed by atoms with E-state index in [9.17, 15) is 14.7 Å². The number of fused-ring (bicyclic) bond motifs is 1. The van der Waals surface area contributed by atoms with Crippen LogP contribution in [0, 0.1) is 0 Å². The minimum atomic E-state index is -1.05. The van der Waals surface area contributed by atoms with Crippen molar-refractivity contribution in [2.75, 3.05) is 18.6 Å². The van der Waals surface area contributed by atoms with E-state index >= 15 is 0 Å². The number of benzene rings is 1. The van der Waals surface area contributed by atoms with Gasteiger partial charge in [-0.1, -0.05) is 6.07 Å². The summed E-state index contributed by atoms with van der Waals surface area (Å²) in [6, 6.07) is 4.25. The molecule has 1 heterocycles. The minimum absolute atomic E-state index is 0.247. The summed E-state index contributed by atoms with van der Waals surface area (Å²) in [5.41, 5.74) is 1.58. The van der Waals surface area contributed by atoms with Gasteiger partial charge in [-0.05, 0) is 29.5 Å². The second-order valence-electron chi connectivity index (χ2n) is 4.55. The van der Waals surface area contributed by atoms with Gasteiger partial charge in [-0.15, -0.1) is 0 Å². The van der Waals surface area contributed by atoms with Gasteiger partial charge >= 0.3 is 5.97 Å². The van der Waals surface area contributed by atoms with Crippen LogP contribution in [0.1, 0.15) is 23.6 Å². The van der Waals surface area contributed by atoms with Crippen molar-refractivity contribution in [1.29, 1.82) is 0 Å². The molecule has 6 heteroatoms. The van der Waals surface area contributed by atoms with Crippen LogP contribution in [0.4, 0.5) is 0 Å². The van der Waals surface area contributed by atoms with E-state index in [1.807, 2.05) is 6.26 Å². The lowest BCUT2D eigenvalue weighted by atomic mass is 10.0. The predicted molar refractivity (Wildman–Crippen MR) is 77.2 cm³/mol. The van der Waals surface area contributed by atoms with Gasteiger partial charge in [0.05, 0.1) is 6.61 Å². The molecule has 2 rings (SSSR count). The maximum absolute atomic E-state index is 11.7. The zero-order chi connectivity index (χ0) is 14.5. The maximum atomic E-state index is 11.7. The molecule has 0 saturated carbocycles.